The van der Waals surface area contributed by atoms with Crippen molar-refractivity contribution >= 4 is 0 Å². The smallest absolute Gasteiger partial charge is 0 e. The Morgan fingerprint density at radius 1 is 0.280 bits per heavy atom. The molecule has 6 nitrogen and oxygen atoms in total. The Labute approximate surface area is 162 Å². The fraction of sp³-hybridized carbons (Fsp3) is 0. The molecule has 0 saturated carbocycles. The van der Waals surface area contributed by atoms with Gasteiger partial charge in [-0.25, -0.2) is 0 Å². The van der Waals surface area contributed by atoms with E-state index in [0.717, 1.165) is 0 Å². The van der Waals surface area contributed by atoms with E-state index >= 15 is 0 Å². The minimum absolute atomic E-state index is 0. The molecule has 3 rings (SSSR count). The van der Waals surface area contributed by atoms with E-state index in [9.17, 15) is 0 Å². The van der Waals surface area contributed by atoms with Crippen LogP contribution in [0.15, 0.2) is 91.0 Å². The predicted octanol–water partition coefficient (Wildman–Crippen LogP) is 8.76. The summed E-state index contributed by atoms with van der Waals surface area (Å²) in [5.41, 5.74) is 0. The third-order valence-corrected chi connectivity index (χ3v) is 1.82. The molecule has 25 heavy (non-hydrogen) atoms. The van der Waals surface area contributed by atoms with Crippen molar-refractivity contribution in [1.29, 1.82) is 0 Å². The normalized spacial score (nSPS) is 5.76. The van der Waals surface area contributed by atoms with E-state index in [1.807, 2.05) is 91.0 Å². The third kappa shape index (κ3) is 34.3. The maximum Gasteiger partial charge on any atom is 0 e. The Balaban J connectivity index is -0.0000000341. The monoisotopic (exact) mass is 385 g/mol. The van der Waals surface area contributed by atoms with Crippen LogP contribution >= 0.6 is 0 Å². The van der Waals surface area contributed by atoms with Crippen molar-refractivity contribution < 1.29 is 16.5 Å². The van der Waals surface area contributed by atoms with Crippen LogP contribution in [0.4, 0.5) is 0 Å². The quantitative estimate of drug-likeness (QED) is 0.262. The summed E-state index contributed by atoms with van der Waals surface area (Å²) in [6, 6.07) is 37.5. The molecule has 0 bridgehead atoms. The molecule has 0 atom stereocenters. The number of nitrogens with two attached hydrogens (primary N) is 6. The molecular weight excluding hydrogens is 359 g/mol. The van der Waals surface area contributed by atoms with Gasteiger partial charge in [0.2, 0.25) is 0 Å². The summed E-state index contributed by atoms with van der Waals surface area (Å²) >= 11 is 0. The van der Waals surface area contributed by atoms with Crippen molar-refractivity contribution in [2.24, 2.45) is 0 Å². The fourth-order valence-electron chi connectivity index (χ4n) is 1.03. The van der Waals surface area contributed by atoms with Crippen LogP contribution in [-0.4, -0.2) is 0 Å². The Morgan fingerprint density at radius 2 is 0.440 bits per heavy atom. The summed E-state index contributed by atoms with van der Waals surface area (Å²) in [6.07, 6.45) is 0. The van der Waals surface area contributed by atoms with Gasteiger partial charge in [-0.15, -0.1) is 0 Å². The van der Waals surface area contributed by atoms with Gasteiger partial charge in [-0.2, -0.15) is 109 Å². The molecule has 12 N–H and O–H groups in total. The second kappa shape index (κ2) is 37.8. The fourth-order valence-corrected chi connectivity index (χ4v) is 1.03. The number of rotatable bonds is 0. The van der Waals surface area contributed by atoms with Crippen molar-refractivity contribution in [3.63, 3.8) is 0 Å². The van der Waals surface area contributed by atoms with E-state index in [0.29, 0.717) is 0 Å². The molecule has 0 unspecified atom stereocenters. The van der Waals surface area contributed by atoms with Crippen molar-refractivity contribution in [3.8, 4) is 0 Å². The SMILES string of the molecule is [NH2-].[NH2-].[NH2-].[NH2-].[NH2-].[NH2-].[Ni].[c-]1ccccc1.[c-]1ccccc1.[c-]1ccccc1. The first-order valence-electron chi connectivity index (χ1n) is 5.73. The molecule has 0 aliphatic carbocycles. The van der Waals surface area contributed by atoms with Crippen molar-refractivity contribution in [1.82, 2.24) is 0 Å². The van der Waals surface area contributed by atoms with Gasteiger partial charge in [0.1, 0.15) is 0 Å². The molecule has 3 aromatic rings. The second-order valence-corrected chi connectivity index (χ2v) is 3.23. The van der Waals surface area contributed by atoms with Gasteiger partial charge >= 0.3 is 0 Å². The first-order valence-corrected chi connectivity index (χ1v) is 5.73. The molecule has 0 aliphatic rings. The van der Waals surface area contributed by atoms with E-state index in [1.165, 1.54) is 0 Å². The standard InChI is InChI=1S/3C6H5.6H2N.Ni/c3*1-2-4-6-5-3-1;;;;;;;/h3*1-5H;6*1H2;/q9*-1;. The van der Waals surface area contributed by atoms with Crippen LogP contribution in [0.2, 0.25) is 0 Å². The minimum Gasteiger partial charge on any atom is -0.693 e. The second-order valence-electron chi connectivity index (χ2n) is 3.23. The van der Waals surface area contributed by atoms with Crippen molar-refractivity contribution in [3.05, 3.63) is 146 Å². The molecule has 0 fully saturated rings. The zero-order chi connectivity index (χ0) is 12.7. The molecule has 3 aromatic carbocycles. The van der Waals surface area contributed by atoms with Crippen LogP contribution < -0.4 is 0 Å². The van der Waals surface area contributed by atoms with Crippen LogP contribution in [0, 0.1) is 18.2 Å². The topological polar surface area (TPSA) is 201 Å². The summed E-state index contributed by atoms with van der Waals surface area (Å²) in [7, 11) is 0. The van der Waals surface area contributed by atoms with Crippen molar-refractivity contribution in [2.75, 3.05) is 0 Å². The zero-order valence-corrected chi connectivity index (χ0v) is 14.9. The minimum atomic E-state index is 0. The van der Waals surface area contributed by atoms with E-state index in [1.54, 1.807) is 0 Å². The van der Waals surface area contributed by atoms with Crippen molar-refractivity contribution in [2.45, 2.75) is 0 Å². The molecule has 7 heteroatoms. The molecule has 0 aromatic heterocycles. The average Bonchev–Trinajstić information content (AvgIpc) is 2.54. The van der Waals surface area contributed by atoms with Crippen LogP contribution in [0.1, 0.15) is 0 Å². The summed E-state index contributed by atoms with van der Waals surface area (Å²) in [4.78, 5) is 0. The van der Waals surface area contributed by atoms with Crippen LogP contribution in [0.5, 0.6) is 0 Å². The molecule has 148 valence electrons. The molecule has 0 heterocycles. The maximum absolute atomic E-state index is 2.89. The molecule has 0 spiro atoms. The third-order valence-electron chi connectivity index (χ3n) is 1.82. The molecule has 0 aliphatic heterocycles. The van der Waals surface area contributed by atoms with Gasteiger partial charge in [0.05, 0.1) is 0 Å². The van der Waals surface area contributed by atoms with Gasteiger partial charge < -0.3 is 36.9 Å². The number of hydrogen-bond acceptors (Lipinski definition) is 0. The van der Waals surface area contributed by atoms with E-state index in [2.05, 4.69) is 18.2 Å². The van der Waals surface area contributed by atoms with Gasteiger partial charge in [-0.05, 0) is 0 Å². The van der Waals surface area contributed by atoms with Crippen LogP contribution in [-0.2, 0) is 16.5 Å². The van der Waals surface area contributed by atoms with E-state index in [-0.39, 0.29) is 53.4 Å². The van der Waals surface area contributed by atoms with Crippen LogP contribution in [0.25, 0.3) is 36.9 Å². The first-order chi connectivity index (χ1) is 9.00. The summed E-state index contributed by atoms with van der Waals surface area (Å²) in [5.74, 6) is 0. The summed E-state index contributed by atoms with van der Waals surface area (Å²) < 4.78 is 0. The largest absolute Gasteiger partial charge is 0.693 e. The average molecular weight is 386 g/mol. The Kier molecular flexibility index (Phi) is 65.8. The van der Waals surface area contributed by atoms with E-state index in [4.69, 9.17) is 0 Å². The summed E-state index contributed by atoms with van der Waals surface area (Å²) in [5, 5.41) is 0. The van der Waals surface area contributed by atoms with Gasteiger partial charge in [0, 0.05) is 16.5 Å². The molecule has 0 saturated heterocycles. The molecule has 0 radical (unpaired) electrons. The Bertz CT molecular complexity index is 316. The molecule has 0 amide bonds. The van der Waals surface area contributed by atoms with Crippen LogP contribution in [0.3, 0.4) is 0 Å². The zero-order valence-electron chi connectivity index (χ0n) is 13.9. The van der Waals surface area contributed by atoms with Gasteiger partial charge in [0.25, 0.3) is 0 Å². The molecular formula is C18H27N6Ni-9. The Morgan fingerprint density at radius 3 is 0.480 bits per heavy atom. The maximum atomic E-state index is 2.89. The van der Waals surface area contributed by atoms with Gasteiger partial charge in [-0.3, -0.25) is 0 Å². The first kappa shape index (κ1) is 43.4. The van der Waals surface area contributed by atoms with Gasteiger partial charge in [-0.1, -0.05) is 0 Å². The Hall–Kier alpha value is -2.09. The predicted molar refractivity (Wildman–Crippen MR) is 108 cm³/mol. The van der Waals surface area contributed by atoms with Gasteiger partial charge in [0.15, 0.2) is 0 Å². The number of hydrogen-bond donors (Lipinski definition) is 0. The van der Waals surface area contributed by atoms with E-state index < -0.39 is 0 Å². The number of benzene rings is 3. The summed E-state index contributed by atoms with van der Waals surface area (Å²) in [6.45, 7) is 0.